The van der Waals surface area contributed by atoms with Gasteiger partial charge in [0.15, 0.2) is 0 Å². The van der Waals surface area contributed by atoms with Crippen molar-refractivity contribution in [1.82, 2.24) is 5.32 Å². The zero-order valence-electron chi connectivity index (χ0n) is 10.2. The van der Waals surface area contributed by atoms with Gasteiger partial charge in [-0.05, 0) is 46.7 Å². The highest BCUT2D eigenvalue weighted by molar-refractivity contribution is 14.1. The van der Waals surface area contributed by atoms with Crippen LogP contribution in [0.5, 0.6) is 0 Å². The second-order valence-corrected chi connectivity index (χ2v) is 6.45. The topological polar surface area (TPSA) is 15.3 Å². The van der Waals surface area contributed by atoms with Crippen molar-refractivity contribution >= 4 is 39.9 Å². The largest absolute Gasteiger partial charge is 0.368 e. The molecular weight excluding hydrogens is 347 g/mol. The molecule has 17 heavy (non-hydrogen) atoms. The van der Waals surface area contributed by atoms with E-state index >= 15 is 0 Å². The lowest BCUT2D eigenvalue weighted by molar-refractivity contribution is 0.368. The highest BCUT2D eigenvalue weighted by atomic mass is 127. The fourth-order valence-electron chi connectivity index (χ4n) is 2.18. The summed E-state index contributed by atoms with van der Waals surface area (Å²) in [6.45, 7) is 7.75. The molecule has 0 amide bonds. The third-order valence-corrected chi connectivity index (χ3v) is 4.36. The smallest absolute Gasteiger partial charge is 0.0503 e. The molecule has 2 nitrogen and oxygen atoms in total. The lowest BCUT2D eigenvalue weighted by atomic mass is 10.0. The summed E-state index contributed by atoms with van der Waals surface area (Å²) in [4.78, 5) is 2.46. The minimum Gasteiger partial charge on any atom is -0.368 e. The second-order valence-electron chi connectivity index (χ2n) is 4.85. The Morgan fingerprint density at radius 2 is 2.24 bits per heavy atom. The van der Waals surface area contributed by atoms with Gasteiger partial charge in [-0.1, -0.05) is 25.4 Å². The summed E-state index contributed by atoms with van der Waals surface area (Å²) in [5.41, 5.74) is 1.31. The number of halogens is 2. The molecule has 0 spiro atoms. The molecular formula is C13H18ClIN2. The Labute approximate surface area is 122 Å². The summed E-state index contributed by atoms with van der Waals surface area (Å²) in [5.74, 6) is 0.669. The molecule has 1 aromatic carbocycles. The summed E-state index contributed by atoms with van der Waals surface area (Å²) in [7, 11) is 0. The Balaban J connectivity index is 2.16. The van der Waals surface area contributed by atoms with E-state index in [0.29, 0.717) is 12.0 Å². The molecule has 1 aromatic rings. The van der Waals surface area contributed by atoms with Gasteiger partial charge in [0, 0.05) is 34.3 Å². The zero-order chi connectivity index (χ0) is 12.4. The van der Waals surface area contributed by atoms with E-state index in [0.717, 1.165) is 24.7 Å². The molecule has 1 heterocycles. The predicted molar refractivity (Wildman–Crippen MR) is 83.0 cm³/mol. The number of nitrogens with zero attached hydrogens (tertiary/aromatic N) is 1. The molecule has 0 saturated carbocycles. The minimum atomic E-state index is 0.579. The molecule has 4 heteroatoms. The maximum atomic E-state index is 6.00. The molecule has 1 saturated heterocycles. The van der Waals surface area contributed by atoms with E-state index < -0.39 is 0 Å². The van der Waals surface area contributed by atoms with Crippen LogP contribution in [0.3, 0.4) is 0 Å². The highest BCUT2D eigenvalue weighted by Crippen LogP contribution is 2.27. The van der Waals surface area contributed by atoms with Crippen molar-refractivity contribution in [2.45, 2.75) is 19.9 Å². The van der Waals surface area contributed by atoms with Gasteiger partial charge in [0.2, 0.25) is 0 Å². The molecule has 0 radical (unpaired) electrons. The van der Waals surface area contributed by atoms with Crippen LogP contribution in [-0.2, 0) is 0 Å². The number of hydrogen-bond donors (Lipinski definition) is 1. The number of anilines is 1. The van der Waals surface area contributed by atoms with Crippen LogP contribution in [0, 0.1) is 9.49 Å². The van der Waals surface area contributed by atoms with Crippen LogP contribution in [0.25, 0.3) is 0 Å². The minimum absolute atomic E-state index is 0.579. The Morgan fingerprint density at radius 3 is 2.88 bits per heavy atom. The van der Waals surface area contributed by atoms with Gasteiger partial charge in [-0.2, -0.15) is 0 Å². The van der Waals surface area contributed by atoms with Crippen molar-refractivity contribution < 1.29 is 0 Å². The van der Waals surface area contributed by atoms with E-state index in [9.17, 15) is 0 Å². The van der Waals surface area contributed by atoms with E-state index in [2.05, 4.69) is 52.7 Å². The third kappa shape index (κ3) is 3.26. The van der Waals surface area contributed by atoms with E-state index in [1.54, 1.807) is 0 Å². The lowest BCUT2D eigenvalue weighted by Crippen LogP contribution is -2.53. The van der Waals surface area contributed by atoms with Gasteiger partial charge in [0.05, 0.1) is 5.69 Å². The standard InChI is InChI=1S/C13H18ClIN2/c1-9(2)12-8-17(6-5-16-12)13-4-3-10(14)7-11(13)15/h3-4,7,9,12,16H,5-6,8H2,1-2H3. The van der Waals surface area contributed by atoms with Gasteiger partial charge in [0.25, 0.3) is 0 Å². The van der Waals surface area contributed by atoms with Crippen LogP contribution in [0.4, 0.5) is 5.69 Å². The second kappa shape index (κ2) is 5.76. The first kappa shape index (κ1) is 13.4. The van der Waals surface area contributed by atoms with Crippen LogP contribution < -0.4 is 10.2 Å². The van der Waals surface area contributed by atoms with Crippen LogP contribution in [0.15, 0.2) is 18.2 Å². The molecule has 0 aromatic heterocycles. The summed E-state index contributed by atoms with van der Waals surface area (Å²) in [5, 5.41) is 4.39. The maximum Gasteiger partial charge on any atom is 0.0503 e. The number of nitrogens with one attached hydrogen (secondary N) is 1. The first-order valence-corrected chi connectivity index (χ1v) is 7.47. The van der Waals surface area contributed by atoms with Crippen molar-refractivity contribution in [3.8, 4) is 0 Å². The fraction of sp³-hybridized carbons (Fsp3) is 0.538. The van der Waals surface area contributed by atoms with Crippen molar-refractivity contribution in [3.63, 3.8) is 0 Å². The molecule has 1 N–H and O–H groups in total. The monoisotopic (exact) mass is 364 g/mol. The summed E-state index contributed by atoms with van der Waals surface area (Å²) < 4.78 is 1.24. The van der Waals surface area contributed by atoms with E-state index in [1.165, 1.54) is 9.26 Å². The predicted octanol–water partition coefficient (Wildman–Crippen LogP) is 3.38. The SMILES string of the molecule is CC(C)C1CN(c2ccc(Cl)cc2I)CCN1. The van der Waals surface area contributed by atoms with Gasteiger partial charge in [0.1, 0.15) is 0 Å². The maximum absolute atomic E-state index is 6.00. The molecule has 1 aliphatic rings. The lowest BCUT2D eigenvalue weighted by Gasteiger charge is -2.37. The normalized spacial score (nSPS) is 21.0. The van der Waals surface area contributed by atoms with Crippen molar-refractivity contribution in [2.75, 3.05) is 24.5 Å². The molecule has 0 bridgehead atoms. The van der Waals surface area contributed by atoms with Crippen LogP contribution in [-0.4, -0.2) is 25.7 Å². The summed E-state index contributed by atoms with van der Waals surface area (Å²) in [6.07, 6.45) is 0. The molecule has 1 fully saturated rings. The van der Waals surface area contributed by atoms with Gasteiger partial charge in [-0.3, -0.25) is 0 Å². The average Bonchev–Trinajstić information content (AvgIpc) is 2.29. The molecule has 2 rings (SSSR count). The number of hydrogen-bond acceptors (Lipinski definition) is 2. The van der Waals surface area contributed by atoms with Gasteiger partial charge >= 0.3 is 0 Å². The summed E-state index contributed by atoms with van der Waals surface area (Å²) >= 11 is 8.37. The Morgan fingerprint density at radius 1 is 1.47 bits per heavy atom. The highest BCUT2D eigenvalue weighted by Gasteiger charge is 2.22. The first-order valence-electron chi connectivity index (χ1n) is 6.01. The van der Waals surface area contributed by atoms with E-state index in [1.807, 2.05) is 12.1 Å². The quantitative estimate of drug-likeness (QED) is 0.809. The van der Waals surface area contributed by atoms with E-state index in [-0.39, 0.29) is 0 Å². The van der Waals surface area contributed by atoms with Crippen molar-refractivity contribution in [2.24, 2.45) is 5.92 Å². The molecule has 1 unspecified atom stereocenters. The number of benzene rings is 1. The van der Waals surface area contributed by atoms with Crippen LogP contribution in [0.1, 0.15) is 13.8 Å². The molecule has 1 atom stereocenters. The fourth-order valence-corrected chi connectivity index (χ4v) is 3.39. The Kier molecular flexibility index (Phi) is 4.55. The zero-order valence-corrected chi connectivity index (χ0v) is 13.1. The molecule has 94 valence electrons. The van der Waals surface area contributed by atoms with Crippen LogP contribution in [0.2, 0.25) is 5.02 Å². The van der Waals surface area contributed by atoms with Crippen LogP contribution >= 0.6 is 34.2 Å². The molecule has 0 aliphatic carbocycles. The first-order chi connectivity index (χ1) is 8.08. The summed E-state index contributed by atoms with van der Waals surface area (Å²) in [6, 6.07) is 6.72. The van der Waals surface area contributed by atoms with Gasteiger partial charge in [-0.25, -0.2) is 0 Å². The van der Waals surface area contributed by atoms with Crippen molar-refractivity contribution in [3.05, 3.63) is 26.8 Å². The Bertz CT molecular complexity index is 395. The van der Waals surface area contributed by atoms with E-state index in [4.69, 9.17) is 11.6 Å². The van der Waals surface area contributed by atoms with Gasteiger partial charge < -0.3 is 10.2 Å². The Hall–Kier alpha value is -0.0000000000000000763. The number of rotatable bonds is 2. The third-order valence-electron chi connectivity index (χ3n) is 3.26. The van der Waals surface area contributed by atoms with Gasteiger partial charge in [-0.15, -0.1) is 0 Å². The molecule has 1 aliphatic heterocycles. The average molecular weight is 365 g/mol. The van der Waals surface area contributed by atoms with Crippen molar-refractivity contribution in [1.29, 1.82) is 0 Å². The number of piperazine rings is 1.